The highest BCUT2D eigenvalue weighted by Gasteiger charge is 2.58. The minimum absolute atomic E-state index is 0.00871. The molecular weight excluding hydrogens is 476 g/mol. The van der Waals surface area contributed by atoms with Crippen LogP contribution < -0.4 is 0 Å². The van der Waals surface area contributed by atoms with E-state index in [-0.39, 0.29) is 10.1 Å². The van der Waals surface area contributed by atoms with E-state index in [0.29, 0.717) is 11.8 Å². The lowest BCUT2D eigenvalue weighted by Crippen LogP contribution is -2.68. The topological polar surface area (TPSA) is 74.2 Å². The standard InChI is InChI=1S/C27H48O6Si2/c1-19-21(32-34(9,10)25(2,3)4)22(30-8)23(33-35(11,12)26(5,6)7)24(31-19)27(29,18-28)20-16-14-13-15-17-20/h13-19,21-24,29H,1-12H3/t19-,21-,22-,23+,24+,27+/m1/s1. The van der Waals surface area contributed by atoms with Crippen LogP contribution in [-0.2, 0) is 28.7 Å². The van der Waals surface area contributed by atoms with Crippen LogP contribution in [-0.4, -0.2) is 65.7 Å². The molecule has 1 fully saturated rings. The van der Waals surface area contributed by atoms with E-state index in [1.807, 2.05) is 13.0 Å². The van der Waals surface area contributed by atoms with E-state index >= 15 is 0 Å². The van der Waals surface area contributed by atoms with Gasteiger partial charge in [-0.3, -0.25) is 4.79 Å². The van der Waals surface area contributed by atoms with Gasteiger partial charge in [-0.2, -0.15) is 0 Å². The fourth-order valence-corrected chi connectivity index (χ4v) is 6.62. The molecule has 1 N–H and O–H groups in total. The van der Waals surface area contributed by atoms with Gasteiger partial charge in [0.2, 0.25) is 0 Å². The average molecular weight is 525 g/mol. The number of aliphatic hydroxyl groups is 1. The maximum absolute atomic E-state index is 12.5. The number of hydrogen-bond donors (Lipinski definition) is 1. The fourth-order valence-electron chi connectivity index (χ4n) is 3.97. The summed E-state index contributed by atoms with van der Waals surface area (Å²) in [6, 6.07) is 8.94. The van der Waals surface area contributed by atoms with Crippen molar-refractivity contribution in [2.75, 3.05) is 7.11 Å². The van der Waals surface area contributed by atoms with Crippen LogP contribution in [0.5, 0.6) is 0 Å². The summed E-state index contributed by atoms with van der Waals surface area (Å²) in [7, 11) is -2.91. The number of rotatable bonds is 8. The number of ether oxygens (including phenoxy) is 2. The van der Waals surface area contributed by atoms with Crippen molar-refractivity contribution in [2.45, 2.75) is 121 Å². The predicted octanol–water partition coefficient (Wildman–Crippen LogP) is 5.66. The van der Waals surface area contributed by atoms with E-state index in [9.17, 15) is 9.90 Å². The molecule has 1 aromatic rings. The van der Waals surface area contributed by atoms with Crippen LogP contribution in [0.25, 0.3) is 0 Å². The quantitative estimate of drug-likeness (QED) is 0.350. The minimum atomic E-state index is -2.36. The first-order valence-electron chi connectivity index (χ1n) is 12.6. The lowest BCUT2D eigenvalue weighted by Gasteiger charge is -2.54. The SMILES string of the molecule is CO[C@@H]1[C@H](O[Si](C)(C)C(C)(C)C)[C@@H](C)O[C@H]([C@](O)(C=O)c2ccccc2)[C@H]1O[Si](C)(C)C(C)(C)C. The molecular formula is C27H48O6Si2. The van der Waals surface area contributed by atoms with Crippen LogP contribution in [0.2, 0.25) is 36.3 Å². The third-order valence-corrected chi connectivity index (χ3v) is 17.3. The molecule has 1 aliphatic heterocycles. The molecule has 0 aromatic heterocycles. The normalized spacial score (nSPS) is 28.4. The summed E-state index contributed by atoms with van der Waals surface area (Å²) in [5.74, 6) is 0. The van der Waals surface area contributed by atoms with Gasteiger partial charge in [0.05, 0.1) is 12.2 Å². The van der Waals surface area contributed by atoms with Crippen molar-refractivity contribution in [1.82, 2.24) is 0 Å². The molecule has 1 aliphatic rings. The number of hydrogen-bond acceptors (Lipinski definition) is 6. The molecule has 0 amide bonds. The van der Waals surface area contributed by atoms with Gasteiger partial charge in [-0.1, -0.05) is 71.9 Å². The summed E-state index contributed by atoms with van der Waals surface area (Å²) in [4.78, 5) is 12.5. The summed E-state index contributed by atoms with van der Waals surface area (Å²) in [6.45, 7) is 23.7. The number of carbonyl (C=O) groups excluding carboxylic acids is 1. The first-order chi connectivity index (χ1) is 15.8. The van der Waals surface area contributed by atoms with Crippen LogP contribution in [0.1, 0.15) is 54.0 Å². The van der Waals surface area contributed by atoms with Gasteiger partial charge in [-0.05, 0) is 48.8 Å². The van der Waals surface area contributed by atoms with Crippen LogP contribution in [0.15, 0.2) is 30.3 Å². The molecule has 0 radical (unpaired) electrons. The molecule has 1 heterocycles. The lowest BCUT2D eigenvalue weighted by atomic mass is 9.81. The molecule has 2 rings (SSSR count). The zero-order valence-corrected chi connectivity index (χ0v) is 25.8. The molecule has 1 aromatic carbocycles. The van der Waals surface area contributed by atoms with E-state index in [1.54, 1.807) is 31.4 Å². The minimum Gasteiger partial charge on any atom is -0.409 e. The molecule has 8 heteroatoms. The van der Waals surface area contributed by atoms with Gasteiger partial charge in [0.15, 0.2) is 28.5 Å². The maximum Gasteiger partial charge on any atom is 0.192 e. The molecule has 1 saturated heterocycles. The van der Waals surface area contributed by atoms with Crippen molar-refractivity contribution in [1.29, 1.82) is 0 Å². The Balaban J connectivity index is 2.64. The van der Waals surface area contributed by atoms with Gasteiger partial charge in [0.1, 0.15) is 18.3 Å². The number of carbonyl (C=O) groups is 1. The monoisotopic (exact) mass is 524 g/mol. The molecule has 0 unspecified atom stereocenters. The van der Waals surface area contributed by atoms with Crippen molar-refractivity contribution >= 4 is 22.9 Å². The Morgan fingerprint density at radius 3 is 1.71 bits per heavy atom. The van der Waals surface area contributed by atoms with Gasteiger partial charge < -0.3 is 23.4 Å². The highest BCUT2D eigenvalue weighted by atomic mass is 28.4. The second kappa shape index (κ2) is 10.5. The largest absolute Gasteiger partial charge is 0.409 e. The van der Waals surface area contributed by atoms with Crippen molar-refractivity contribution < 1.29 is 28.2 Å². The summed E-state index contributed by atoms with van der Waals surface area (Å²) >= 11 is 0. The molecule has 200 valence electrons. The van der Waals surface area contributed by atoms with E-state index in [4.69, 9.17) is 18.3 Å². The Labute approximate surface area is 215 Å². The summed E-state index contributed by atoms with van der Waals surface area (Å²) in [6.07, 6.45) is -2.45. The van der Waals surface area contributed by atoms with Gasteiger partial charge in [0.25, 0.3) is 0 Å². The smallest absolute Gasteiger partial charge is 0.192 e. The van der Waals surface area contributed by atoms with E-state index in [0.717, 1.165) is 0 Å². The Hall–Kier alpha value is -0.876. The second-order valence-electron chi connectivity index (χ2n) is 13.0. The van der Waals surface area contributed by atoms with E-state index < -0.39 is 52.8 Å². The highest BCUT2D eigenvalue weighted by Crippen LogP contribution is 2.45. The Morgan fingerprint density at radius 2 is 1.31 bits per heavy atom. The summed E-state index contributed by atoms with van der Waals surface area (Å²) in [5, 5.41) is 11.7. The van der Waals surface area contributed by atoms with E-state index in [1.165, 1.54) is 0 Å². The predicted molar refractivity (Wildman–Crippen MR) is 146 cm³/mol. The molecule has 0 saturated carbocycles. The van der Waals surface area contributed by atoms with E-state index in [2.05, 4.69) is 67.7 Å². The van der Waals surface area contributed by atoms with Gasteiger partial charge in [-0.15, -0.1) is 0 Å². The Morgan fingerprint density at radius 1 is 0.857 bits per heavy atom. The number of methoxy groups -OCH3 is 1. The summed E-state index contributed by atoms with van der Waals surface area (Å²) < 4.78 is 26.4. The summed E-state index contributed by atoms with van der Waals surface area (Å²) in [5.41, 5.74) is -1.43. The van der Waals surface area contributed by atoms with Crippen LogP contribution in [0.3, 0.4) is 0 Å². The van der Waals surface area contributed by atoms with Crippen molar-refractivity contribution in [2.24, 2.45) is 0 Å². The molecule has 6 atom stereocenters. The lowest BCUT2D eigenvalue weighted by molar-refractivity contribution is -0.254. The first kappa shape index (κ1) is 30.3. The number of aldehydes is 1. The van der Waals surface area contributed by atoms with Crippen LogP contribution >= 0.6 is 0 Å². The fraction of sp³-hybridized carbons (Fsp3) is 0.741. The third kappa shape index (κ3) is 6.17. The molecule has 0 spiro atoms. The molecule has 35 heavy (non-hydrogen) atoms. The van der Waals surface area contributed by atoms with Crippen LogP contribution in [0, 0.1) is 0 Å². The zero-order valence-electron chi connectivity index (χ0n) is 23.8. The maximum atomic E-state index is 12.5. The van der Waals surface area contributed by atoms with Gasteiger partial charge in [-0.25, -0.2) is 0 Å². The Bertz CT molecular complexity index is 845. The molecule has 0 aliphatic carbocycles. The third-order valence-electron chi connectivity index (χ3n) is 8.37. The van der Waals surface area contributed by atoms with Crippen LogP contribution in [0.4, 0.5) is 0 Å². The zero-order chi connectivity index (χ0) is 27.0. The Kier molecular flexibility index (Phi) is 9.08. The molecule has 0 bridgehead atoms. The van der Waals surface area contributed by atoms with Crippen molar-refractivity contribution in [3.8, 4) is 0 Å². The van der Waals surface area contributed by atoms with Crippen molar-refractivity contribution in [3.63, 3.8) is 0 Å². The second-order valence-corrected chi connectivity index (χ2v) is 22.5. The first-order valence-corrected chi connectivity index (χ1v) is 18.4. The van der Waals surface area contributed by atoms with Gasteiger partial charge >= 0.3 is 0 Å². The highest BCUT2D eigenvalue weighted by molar-refractivity contribution is 6.74. The molecule has 6 nitrogen and oxygen atoms in total. The number of benzene rings is 1. The van der Waals surface area contributed by atoms with Crippen molar-refractivity contribution in [3.05, 3.63) is 35.9 Å². The van der Waals surface area contributed by atoms with Gasteiger partial charge in [0, 0.05) is 7.11 Å². The average Bonchev–Trinajstić information content (AvgIpc) is 2.74.